The first-order valence-corrected chi connectivity index (χ1v) is 10.7. The van der Waals surface area contributed by atoms with Crippen molar-refractivity contribution < 1.29 is 13.9 Å². The Morgan fingerprint density at radius 2 is 2.10 bits per heavy atom. The van der Waals surface area contributed by atoms with Gasteiger partial charge in [-0.3, -0.25) is 9.69 Å². The number of carbonyl (C=O) groups is 1. The molecule has 0 spiro atoms. The number of methoxy groups -OCH3 is 1. The first-order chi connectivity index (χ1) is 14.0. The van der Waals surface area contributed by atoms with Gasteiger partial charge in [0, 0.05) is 22.4 Å². The van der Waals surface area contributed by atoms with Gasteiger partial charge in [-0.1, -0.05) is 39.8 Å². The van der Waals surface area contributed by atoms with Crippen molar-refractivity contribution in [3.63, 3.8) is 0 Å². The summed E-state index contributed by atoms with van der Waals surface area (Å²) in [6.45, 7) is 0.218. The number of nitriles is 1. The maximum atomic E-state index is 14.2. The molecule has 2 aromatic rings. The maximum absolute atomic E-state index is 14.2. The largest absolute Gasteiger partial charge is 0.496 e. The number of ether oxygens (including phenoxy) is 1. The summed E-state index contributed by atoms with van der Waals surface area (Å²) in [5, 5.41) is 10.6. The van der Waals surface area contributed by atoms with Gasteiger partial charge in [-0.25, -0.2) is 4.39 Å². The van der Waals surface area contributed by atoms with Gasteiger partial charge in [0.1, 0.15) is 11.6 Å². The third kappa shape index (κ3) is 3.61. The zero-order chi connectivity index (χ0) is 20.5. The van der Waals surface area contributed by atoms with Gasteiger partial charge in [-0.15, -0.1) is 0 Å². The van der Waals surface area contributed by atoms with Crippen LogP contribution < -0.4 is 9.64 Å². The maximum Gasteiger partial charge on any atom is 0.229 e. The van der Waals surface area contributed by atoms with Gasteiger partial charge in [0.2, 0.25) is 5.91 Å². The zero-order valence-electron chi connectivity index (χ0n) is 15.6. The second kappa shape index (κ2) is 8.09. The van der Waals surface area contributed by atoms with Crippen molar-refractivity contribution in [3.05, 3.63) is 68.9 Å². The van der Waals surface area contributed by atoms with Crippen LogP contribution in [0.3, 0.4) is 0 Å². The molecule has 2 aromatic carbocycles. The average Bonchev–Trinajstić information content (AvgIpc) is 2.74. The van der Waals surface area contributed by atoms with Crippen LogP contribution in [0, 0.1) is 17.1 Å². The second-order valence-corrected chi connectivity index (χ2v) is 8.55. The number of amides is 1. The summed E-state index contributed by atoms with van der Waals surface area (Å²) in [5.74, 6) is 0.287. The highest BCUT2D eigenvalue weighted by atomic mass is 79.9. The van der Waals surface area contributed by atoms with Gasteiger partial charge in [-0.2, -0.15) is 5.26 Å². The number of hydrogen-bond donors (Lipinski definition) is 0. The summed E-state index contributed by atoms with van der Waals surface area (Å²) in [6.07, 6.45) is 0.158. The van der Waals surface area contributed by atoms with Gasteiger partial charge in [0.15, 0.2) is 0 Å². The van der Waals surface area contributed by atoms with Crippen molar-refractivity contribution in [2.75, 3.05) is 24.6 Å². The molecular weight excluding hydrogens is 457 g/mol. The molecule has 8 heteroatoms. The lowest BCUT2D eigenvalue weighted by Crippen LogP contribution is -2.47. The van der Waals surface area contributed by atoms with E-state index in [4.69, 9.17) is 4.74 Å². The topological polar surface area (TPSA) is 56.6 Å². The van der Waals surface area contributed by atoms with Crippen LogP contribution in [0.5, 0.6) is 5.75 Å². The van der Waals surface area contributed by atoms with Crippen LogP contribution in [-0.2, 0) is 4.79 Å². The van der Waals surface area contributed by atoms with E-state index >= 15 is 0 Å². The van der Waals surface area contributed by atoms with E-state index in [1.807, 2.05) is 18.2 Å². The number of carbonyl (C=O) groups excluding carboxylic acids is 1. The Labute approximate surface area is 180 Å². The molecule has 1 saturated heterocycles. The molecule has 0 N–H and O–H groups in total. The molecule has 4 rings (SSSR count). The molecule has 0 aromatic heterocycles. The average molecular weight is 474 g/mol. The zero-order valence-corrected chi connectivity index (χ0v) is 18.0. The number of halogens is 2. The quantitative estimate of drug-likeness (QED) is 0.639. The second-order valence-electron chi connectivity index (χ2n) is 6.70. The molecule has 0 aliphatic carbocycles. The Hall–Kier alpha value is -2.50. The highest BCUT2D eigenvalue weighted by Gasteiger charge is 2.39. The summed E-state index contributed by atoms with van der Waals surface area (Å²) in [7, 11) is 1.57. The van der Waals surface area contributed by atoms with Crippen molar-refractivity contribution in [1.82, 2.24) is 4.90 Å². The molecule has 1 unspecified atom stereocenters. The first kappa shape index (κ1) is 19.8. The minimum absolute atomic E-state index is 0.0976. The molecule has 5 nitrogen and oxygen atoms in total. The summed E-state index contributed by atoms with van der Waals surface area (Å²) >= 11 is 4.84. The third-order valence-electron chi connectivity index (χ3n) is 5.05. The van der Waals surface area contributed by atoms with Crippen LogP contribution in [-0.4, -0.2) is 30.5 Å². The number of allylic oxidation sites excluding steroid dienone is 1. The van der Waals surface area contributed by atoms with E-state index < -0.39 is 0 Å². The minimum Gasteiger partial charge on any atom is -0.496 e. The monoisotopic (exact) mass is 473 g/mol. The van der Waals surface area contributed by atoms with Crippen molar-refractivity contribution >= 4 is 39.3 Å². The van der Waals surface area contributed by atoms with Crippen LogP contribution >= 0.6 is 27.7 Å². The van der Waals surface area contributed by atoms with Crippen molar-refractivity contribution in [1.29, 1.82) is 5.26 Å². The fourth-order valence-electron chi connectivity index (χ4n) is 3.67. The van der Waals surface area contributed by atoms with Crippen LogP contribution in [0.25, 0.3) is 0 Å². The lowest BCUT2D eigenvalue weighted by Gasteiger charge is -2.42. The van der Waals surface area contributed by atoms with Crippen LogP contribution in [0.2, 0.25) is 0 Å². The standard InChI is InChI=1S/C21H17BrFN3O2S/c1-28-19-7-6-13(22)8-15(19)14-9-20(27)26-11-25(12-29-21(26)16(14)10-24)18-5-3-2-4-17(18)23/h2-8,14H,9,11-12H2,1H3. The highest BCUT2D eigenvalue weighted by Crippen LogP contribution is 2.45. The number of anilines is 1. The van der Waals surface area contributed by atoms with Gasteiger partial charge < -0.3 is 9.64 Å². The molecule has 2 heterocycles. The van der Waals surface area contributed by atoms with Crippen LogP contribution in [0.15, 0.2) is 57.5 Å². The van der Waals surface area contributed by atoms with E-state index in [1.54, 1.807) is 35.1 Å². The molecule has 0 radical (unpaired) electrons. The van der Waals surface area contributed by atoms with E-state index in [1.165, 1.54) is 17.8 Å². The van der Waals surface area contributed by atoms with Crippen molar-refractivity contribution in [3.8, 4) is 11.8 Å². The Kier molecular flexibility index (Phi) is 5.52. The molecule has 29 heavy (non-hydrogen) atoms. The molecule has 2 aliphatic heterocycles. The van der Waals surface area contributed by atoms with E-state index in [9.17, 15) is 14.4 Å². The Morgan fingerprint density at radius 1 is 1.31 bits per heavy atom. The Morgan fingerprint density at radius 3 is 2.83 bits per heavy atom. The van der Waals surface area contributed by atoms with Crippen molar-refractivity contribution in [2.24, 2.45) is 0 Å². The fraction of sp³-hybridized carbons (Fsp3) is 0.238. The molecule has 0 bridgehead atoms. The minimum atomic E-state index is -0.376. The molecule has 1 fully saturated rings. The van der Waals surface area contributed by atoms with Gasteiger partial charge in [0.25, 0.3) is 0 Å². The van der Waals surface area contributed by atoms with E-state index in [-0.39, 0.29) is 30.7 Å². The predicted octanol–water partition coefficient (Wildman–Crippen LogP) is 4.82. The molecule has 1 atom stereocenters. The summed E-state index contributed by atoms with van der Waals surface area (Å²) < 4.78 is 20.5. The van der Waals surface area contributed by atoms with E-state index in [0.717, 1.165) is 10.0 Å². The molecule has 2 aliphatic rings. The third-order valence-corrected chi connectivity index (χ3v) is 6.70. The van der Waals surface area contributed by atoms with Crippen LogP contribution in [0.4, 0.5) is 10.1 Å². The summed E-state index contributed by atoms with van der Waals surface area (Å²) in [5.41, 5.74) is 1.79. The number of hydrogen-bond acceptors (Lipinski definition) is 5. The van der Waals surface area contributed by atoms with Gasteiger partial charge in [0.05, 0.1) is 42.0 Å². The molecule has 148 valence electrons. The summed E-state index contributed by atoms with van der Waals surface area (Å²) in [6, 6.07) is 14.4. The van der Waals surface area contributed by atoms with Gasteiger partial charge in [-0.05, 0) is 30.3 Å². The number of para-hydroxylation sites is 1. The molecule has 1 amide bonds. The van der Waals surface area contributed by atoms with Crippen LogP contribution in [0.1, 0.15) is 17.9 Å². The van der Waals surface area contributed by atoms with E-state index in [0.29, 0.717) is 27.9 Å². The number of nitrogens with zero attached hydrogens (tertiary/aromatic N) is 3. The lowest BCUT2D eigenvalue weighted by molar-refractivity contribution is -0.129. The highest BCUT2D eigenvalue weighted by molar-refractivity contribution is 9.10. The first-order valence-electron chi connectivity index (χ1n) is 8.93. The molecule has 0 saturated carbocycles. The Balaban J connectivity index is 1.72. The van der Waals surface area contributed by atoms with Crippen molar-refractivity contribution in [2.45, 2.75) is 12.3 Å². The number of fused-ring (bicyclic) bond motifs is 1. The van der Waals surface area contributed by atoms with E-state index in [2.05, 4.69) is 22.0 Å². The normalized spacial score (nSPS) is 19.1. The summed E-state index contributed by atoms with van der Waals surface area (Å²) in [4.78, 5) is 16.4. The van der Waals surface area contributed by atoms with Gasteiger partial charge >= 0.3 is 0 Å². The number of thioether (sulfide) groups is 1. The lowest BCUT2D eigenvalue weighted by atomic mass is 9.86. The SMILES string of the molecule is COc1ccc(Br)cc1C1CC(=O)N2CN(c3ccccc3F)CSC2=C1C#N. The smallest absolute Gasteiger partial charge is 0.229 e. The number of rotatable bonds is 3. The number of benzene rings is 2. The fourth-order valence-corrected chi connectivity index (χ4v) is 5.20. The molecular formula is C21H17BrFN3O2S. The predicted molar refractivity (Wildman–Crippen MR) is 114 cm³/mol. The Bertz CT molecular complexity index is 1050.